The summed E-state index contributed by atoms with van der Waals surface area (Å²) in [6, 6.07) is 7.25. The quantitative estimate of drug-likeness (QED) is 0.805. The maximum absolute atomic E-state index is 11.4. The molecule has 1 aromatic carbocycles. The van der Waals surface area contributed by atoms with Crippen LogP contribution in [-0.2, 0) is 16.0 Å². The summed E-state index contributed by atoms with van der Waals surface area (Å²) in [6.45, 7) is 1.53. The molecule has 16 heavy (non-hydrogen) atoms. The van der Waals surface area contributed by atoms with E-state index < -0.39 is 0 Å². The zero-order valence-electron chi connectivity index (χ0n) is 9.45. The Morgan fingerprint density at radius 2 is 1.88 bits per heavy atom. The van der Waals surface area contributed by atoms with Gasteiger partial charge in [-0.05, 0) is 24.6 Å². The van der Waals surface area contributed by atoms with Gasteiger partial charge in [-0.2, -0.15) is 0 Å². The summed E-state index contributed by atoms with van der Waals surface area (Å²) in [5, 5.41) is 2.54. The summed E-state index contributed by atoms with van der Waals surface area (Å²) in [7, 11) is 1.59. The van der Waals surface area contributed by atoms with Gasteiger partial charge in [0.05, 0.1) is 20.1 Å². The van der Waals surface area contributed by atoms with Crippen LogP contribution in [0, 0.1) is 0 Å². The minimum Gasteiger partial charge on any atom is -0.497 e. The Morgan fingerprint density at radius 3 is 2.38 bits per heavy atom. The van der Waals surface area contributed by atoms with Gasteiger partial charge in [-0.15, -0.1) is 0 Å². The largest absolute Gasteiger partial charge is 0.497 e. The van der Waals surface area contributed by atoms with Crippen molar-refractivity contribution in [2.75, 3.05) is 13.7 Å². The molecule has 1 N–H and O–H groups in total. The number of ketones is 1. The molecule has 0 saturated carbocycles. The number of rotatable bonds is 5. The average molecular weight is 221 g/mol. The second kappa shape index (κ2) is 5.90. The van der Waals surface area contributed by atoms with Gasteiger partial charge in [-0.25, -0.2) is 0 Å². The molecule has 0 aromatic heterocycles. The summed E-state index contributed by atoms with van der Waals surface area (Å²) >= 11 is 0. The first-order valence-electron chi connectivity index (χ1n) is 5.01. The van der Waals surface area contributed by atoms with Crippen LogP contribution in [0.1, 0.15) is 12.5 Å². The third kappa shape index (κ3) is 4.13. The fraction of sp³-hybridized carbons (Fsp3) is 0.333. The third-order valence-electron chi connectivity index (χ3n) is 2.06. The topological polar surface area (TPSA) is 55.4 Å². The van der Waals surface area contributed by atoms with Gasteiger partial charge in [-0.1, -0.05) is 12.1 Å². The smallest absolute Gasteiger partial charge is 0.224 e. The van der Waals surface area contributed by atoms with Crippen LogP contribution >= 0.6 is 0 Å². The highest BCUT2D eigenvalue weighted by atomic mass is 16.5. The van der Waals surface area contributed by atoms with Crippen LogP contribution in [0.2, 0.25) is 0 Å². The molecular formula is C12H15NO3. The standard InChI is InChI=1S/C12H15NO3/c1-9(14)8-13-12(15)7-10-3-5-11(16-2)6-4-10/h3-6H,7-8H2,1-2H3,(H,13,15). The van der Waals surface area contributed by atoms with E-state index in [1.807, 2.05) is 12.1 Å². The van der Waals surface area contributed by atoms with Crippen molar-refractivity contribution in [1.82, 2.24) is 5.32 Å². The highest BCUT2D eigenvalue weighted by Gasteiger charge is 2.03. The molecule has 1 rings (SSSR count). The van der Waals surface area contributed by atoms with Crippen LogP contribution < -0.4 is 10.1 Å². The number of hydrogen-bond donors (Lipinski definition) is 1. The van der Waals surface area contributed by atoms with E-state index in [4.69, 9.17) is 4.74 Å². The first kappa shape index (κ1) is 12.2. The van der Waals surface area contributed by atoms with E-state index in [-0.39, 0.29) is 24.7 Å². The van der Waals surface area contributed by atoms with Crippen LogP contribution in [0.3, 0.4) is 0 Å². The van der Waals surface area contributed by atoms with Crippen LogP contribution in [0.4, 0.5) is 0 Å². The van der Waals surface area contributed by atoms with E-state index in [9.17, 15) is 9.59 Å². The van der Waals surface area contributed by atoms with E-state index in [1.54, 1.807) is 19.2 Å². The zero-order chi connectivity index (χ0) is 12.0. The highest BCUT2D eigenvalue weighted by molar-refractivity contribution is 5.85. The molecule has 0 aliphatic rings. The average Bonchev–Trinajstić information content (AvgIpc) is 2.27. The second-order valence-electron chi connectivity index (χ2n) is 3.50. The van der Waals surface area contributed by atoms with Gasteiger partial charge in [0.25, 0.3) is 0 Å². The number of carbonyl (C=O) groups excluding carboxylic acids is 2. The molecule has 4 nitrogen and oxygen atoms in total. The van der Waals surface area contributed by atoms with E-state index in [1.165, 1.54) is 6.92 Å². The number of nitrogens with one attached hydrogen (secondary N) is 1. The Labute approximate surface area is 94.6 Å². The fourth-order valence-corrected chi connectivity index (χ4v) is 1.21. The molecule has 0 aliphatic heterocycles. The van der Waals surface area contributed by atoms with Gasteiger partial charge in [0.1, 0.15) is 11.5 Å². The summed E-state index contributed by atoms with van der Waals surface area (Å²) in [5.41, 5.74) is 0.891. The Kier molecular flexibility index (Phi) is 4.51. The molecule has 0 aliphatic carbocycles. The van der Waals surface area contributed by atoms with E-state index in [0.717, 1.165) is 11.3 Å². The Balaban J connectivity index is 2.46. The lowest BCUT2D eigenvalue weighted by atomic mass is 10.1. The number of amides is 1. The molecule has 0 bridgehead atoms. The lowest BCUT2D eigenvalue weighted by molar-refractivity contribution is -0.124. The Hall–Kier alpha value is -1.84. The molecular weight excluding hydrogens is 206 g/mol. The fourth-order valence-electron chi connectivity index (χ4n) is 1.21. The first-order valence-corrected chi connectivity index (χ1v) is 5.01. The maximum Gasteiger partial charge on any atom is 0.224 e. The normalized spacial score (nSPS) is 9.62. The van der Waals surface area contributed by atoms with E-state index in [0.29, 0.717) is 0 Å². The van der Waals surface area contributed by atoms with E-state index >= 15 is 0 Å². The van der Waals surface area contributed by atoms with Crippen LogP contribution in [-0.4, -0.2) is 25.3 Å². The summed E-state index contributed by atoms with van der Waals surface area (Å²) in [4.78, 5) is 22.0. The summed E-state index contributed by atoms with van der Waals surface area (Å²) in [6.07, 6.45) is 0.275. The SMILES string of the molecule is COc1ccc(CC(=O)NCC(C)=O)cc1. The Morgan fingerprint density at radius 1 is 1.25 bits per heavy atom. The molecule has 0 atom stereocenters. The lowest BCUT2D eigenvalue weighted by Crippen LogP contribution is -2.29. The predicted octanol–water partition coefficient (Wildman–Crippen LogP) is 0.943. The van der Waals surface area contributed by atoms with Gasteiger partial charge in [0, 0.05) is 0 Å². The number of carbonyl (C=O) groups is 2. The molecule has 0 radical (unpaired) electrons. The van der Waals surface area contributed by atoms with Crippen molar-refractivity contribution in [2.24, 2.45) is 0 Å². The second-order valence-corrected chi connectivity index (χ2v) is 3.50. The minimum absolute atomic E-state index is 0.0527. The molecule has 0 saturated heterocycles. The molecule has 4 heteroatoms. The highest BCUT2D eigenvalue weighted by Crippen LogP contribution is 2.11. The molecule has 86 valence electrons. The van der Waals surface area contributed by atoms with Crippen molar-refractivity contribution >= 4 is 11.7 Å². The van der Waals surface area contributed by atoms with Crippen molar-refractivity contribution in [3.05, 3.63) is 29.8 Å². The number of hydrogen-bond acceptors (Lipinski definition) is 3. The van der Waals surface area contributed by atoms with E-state index in [2.05, 4.69) is 5.32 Å². The third-order valence-corrected chi connectivity index (χ3v) is 2.06. The van der Waals surface area contributed by atoms with Crippen molar-refractivity contribution in [3.8, 4) is 5.75 Å². The van der Waals surface area contributed by atoms with Gasteiger partial charge >= 0.3 is 0 Å². The number of methoxy groups -OCH3 is 1. The molecule has 0 fully saturated rings. The summed E-state index contributed by atoms with van der Waals surface area (Å²) in [5.74, 6) is 0.552. The van der Waals surface area contributed by atoms with Gasteiger partial charge < -0.3 is 10.1 Å². The minimum atomic E-state index is -0.152. The molecule has 1 aromatic rings. The van der Waals surface area contributed by atoms with Crippen LogP contribution in [0.15, 0.2) is 24.3 Å². The van der Waals surface area contributed by atoms with Gasteiger partial charge in [0.2, 0.25) is 5.91 Å². The number of benzene rings is 1. The van der Waals surface area contributed by atoms with Crippen molar-refractivity contribution in [3.63, 3.8) is 0 Å². The lowest BCUT2D eigenvalue weighted by Gasteiger charge is -2.04. The molecule has 1 amide bonds. The van der Waals surface area contributed by atoms with Gasteiger partial charge in [-0.3, -0.25) is 9.59 Å². The van der Waals surface area contributed by atoms with Crippen molar-refractivity contribution < 1.29 is 14.3 Å². The number of ether oxygens (including phenoxy) is 1. The first-order chi connectivity index (χ1) is 7.61. The van der Waals surface area contributed by atoms with Crippen molar-refractivity contribution in [1.29, 1.82) is 0 Å². The zero-order valence-corrected chi connectivity index (χ0v) is 9.45. The van der Waals surface area contributed by atoms with Gasteiger partial charge in [0.15, 0.2) is 0 Å². The predicted molar refractivity (Wildman–Crippen MR) is 60.4 cm³/mol. The maximum atomic E-state index is 11.4. The van der Waals surface area contributed by atoms with Crippen LogP contribution in [0.5, 0.6) is 5.75 Å². The van der Waals surface area contributed by atoms with Crippen LogP contribution in [0.25, 0.3) is 0 Å². The molecule has 0 spiro atoms. The summed E-state index contributed by atoms with van der Waals surface area (Å²) < 4.78 is 5.01. The van der Waals surface area contributed by atoms with Crippen molar-refractivity contribution in [2.45, 2.75) is 13.3 Å². The monoisotopic (exact) mass is 221 g/mol. The molecule has 0 unspecified atom stereocenters. The Bertz CT molecular complexity index is 370. The number of Topliss-reactive ketones (excluding diaryl/α,β-unsaturated/α-hetero) is 1. The molecule has 0 heterocycles.